The Balaban J connectivity index is 1.56. The number of ether oxygens (including phenoxy) is 2. The third kappa shape index (κ3) is 4.46. The van der Waals surface area contributed by atoms with E-state index in [1.165, 1.54) is 0 Å². The van der Waals surface area contributed by atoms with Crippen molar-refractivity contribution in [2.45, 2.75) is 33.6 Å². The fourth-order valence-corrected chi connectivity index (χ4v) is 4.25. The second-order valence-electron chi connectivity index (χ2n) is 8.09. The number of aromatic nitrogens is 2. The molecular formula is C25H27N3O5. The van der Waals surface area contributed by atoms with Gasteiger partial charge < -0.3 is 19.4 Å². The van der Waals surface area contributed by atoms with E-state index in [-0.39, 0.29) is 12.3 Å². The zero-order chi connectivity index (χ0) is 23.5. The highest BCUT2D eigenvalue weighted by Crippen LogP contribution is 2.27. The number of pyridine rings is 1. The number of nitrogens with zero attached hydrogens (tertiary/aromatic N) is 2. The maximum Gasteiger partial charge on any atom is 0.342 e. The Morgan fingerprint density at radius 2 is 1.79 bits per heavy atom. The molecule has 1 N–H and O–H groups in total. The lowest BCUT2D eigenvalue weighted by atomic mass is 10.1. The molecule has 1 aromatic carbocycles. The van der Waals surface area contributed by atoms with Gasteiger partial charge in [0.15, 0.2) is 6.61 Å². The molecular weight excluding hydrogens is 422 g/mol. The third-order valence-corrected chi connectivity index (χ3v) is 5.86. The van der Waals surface area contributed by atoms with E-state index in [0.29, 0.717) is 28.2 Å². The minimum absolute atomic E-state index is 0.236. The van der Waals surface area contributed by atoms with Gasteiger partial charge in [0.1, 0.15) is 11.4 Å². The van der Waals surface area contributed by atoms with Crippen molar-refractivity contribution in [3.8, 4) is 0 Å². The van der Waals surface area contributed by atoms with Gasteiger partial charge in [0, 0.05) is 24.2 Å². The van der Waals surface area contributed by atoms with Crippen LogP contribution in [0.15, 0.2) is 30.3 Å². The number of nitrogens with one attached hydrogen (secondary N) is 1. The zero-order valence-electron chi connectivity index (χ0n) is 19.1. The molecule has 33 heavy (non-hydrogen) atoms. The summed E-state index contributed by atoms with van der Waals surface area (Å²) in [7, 11) is 0. The van der Waals surface area contributed by atoms with Crippen LogP contribution in [0.3, 0.4) is 0 Å². The molecule has 0 saturated carbocycles. The first kappa shape index (κ1) is 22.5. The Labute approximate surface area is 191 Å². The molecule has 0 radical (unpaired) electrons. The quantitative estimate of drug-likeness (QED) is 0.430. The van der Waals surface area contributed by atoms with Crippen LogP contribution in [0.5, 0.6) is 0 Å². The van der Waals surface area contributed by atoms with Gasteiger partial charge in [-0.05, 0) is 51.3 Å². The van der Waals surface area contributed by atoms with Crippen molar-refractivity contribution in [1.29, 1.82) is 0 Å². The summed E-state index contributed by atoms with van der Waals surface area (Å²) in [5.74, 6) is -0.927. The van der Waals surface area contributed by atoms with Crippen molar-refractivity contribution in [1.82, 2.24) is 9.97 Å². The smallest absolute Gasteiger partial charge is 0.342 e. The largest absolute Gasteiger partial charge is 0.462 e. The van der Waals surface area contributed by atoms with Crippen molar-refractivity contribution >= 4 is 34.4 Å². The predicted molar refractivity (Wildman–Crippen MR) is 124 cm³/mol. The molecule has 172 valence electrons. The lowest BCUT2D eigenvalue weighted by Crippen LogP contribution is -2.24. The van der Waals surface area contributed by atoms with E-state index in [4.69, 9.17) is 14.5 Å². The van der Waals surface area contributed by atoms with Crippen molar-refractivity contribution in [2.75, 3.05) is 31.2 Å². The minimum atomic E-state index is -0.602. The topological polar surface area (TPSA) is 102 Å². The number of hydrogen-bond donors (Lipinski definition) is 1. The maximum atomic E-state index is 13.0. The van der Waals surface area contributed by atoms with E-state index < -0.39 is 24.3 Å². The molecule has 1 aliphatic rings. The molecule has 0 atom stereocenters. The second-order valence-corrected chi connectivity index (χ2v) is 8.09. The van der Waals surface area contributed by atoms with Crippen LogP contribution in [0.2, 0.25) is 0 Å². The monoisotopic (exact) mass is 449 g/mol. The molecule has 3 heterocycles. The SMILES string of the molecule is CCOC(=O)c1c(C)[nH]c(C(=O)COC(=O)c2cc3ccccc3nc2N2CCCC2)c1C. The number of benzene rings is 1. The van der Waals surface area contributed by atoms with E-state index in [2.05, 4.69) is 9.88 Å². The van der Waals surface area contributed by atoms with Gasteiger partial charge >= 0.3 is 11.9 Å². The molecule has 0 amide bonds. The summed E-state index contributed by atoms with van der Waals surface area (Å²) < 4.78 is 10.5. The van der Waals surface area contributed by atoms with Gasteiger partial charge in [-0.25, -0.2) is 14.6 Å². The number of para-hydroxylation sites is 1. The second kappa shape index (κ2) is 9.44. The van der Waals surface area contributed by atoms with Gasteiger partial charge in [0.05, 0.1) is 23.4 Å². The van der Waals surface area contributed by atoms with Crippen molar-refractivity contribution < 1.29 is 23.9 Å². The number of Topliss-reactive ketones (excluding diaryl/α,β-unsaturated/α-hetero) is 1. The number of H-pyrrole nitrogens is 1. The molecule has 1 aliphatic heterocycles. The van der Waals surface area contributed by atoms with Crippen LogP contribution in [0.1, 0.15) is 62.2 Å². The summed E-state index contributed by atoms with van der Waals surface area (Å²) in [6, 6.07) is 9.36. The van der Waals surface area contributed by atoms with Crippen LogP contribution in [0, 0.1) is 13.8 Å². The van der Waals surface area contributed by atoms with Crippen LogP contribution in [0.4, 0.5) is 5.82 Å². The summed E-state index contributed by atoms with van der Waals surface area (Å²) in [4.78, 5) is 47.8. The first-order chi connectivity index (χ1) is 15.9. The fraction of sp³-hybridized carbons (Fsp3) is 0.360. The lowest BCUT2D eigenvalue weighted by molar-refractivity contribution is 0.0472. The first-order valence-electron chi connectivity index (χ1n) is 11.1. The zero-order valence-corrected chi connectivity index (χ0v) is 19.1. The number of hydrogen-bond acceptors (Lipinski definition) is 7. The van der Waals surface area contributed by atoms with Crippen LogP contribution < -0.4 is 4.90 Å². The number of ketones is 1. The Morgan fingerprint density at radius 1 is 1.06 bits per heavy atom. The number of aromatic amines is 1. The van der Waals surface area contributed by atoms with E-state index in [1.807, 2.05) is 24.3 Å². The molecule has 8 nitrogen and oxygen atoms in total. The summed E-state index contributed by atoms with van der Waals surface area (Å²) in [5, 5.41) is 0.827. The van der Waals surface area contributed by atoms with Crippen LogP contribution >= 0.6 is 0 Å². The van der Waals surface area contributed by atoms with Crippen molar-refractivity contribution in [3.63, 3.8) is 0 Å². The molecule has 0 aliphatic carbocycles. The number of anilines is 1. The van der Waals surface area contributed by atoms with Crippen LogP contribution in [0.25, 0.3) is 10.9 Å². The fourth-order valence-electron chi connectivity index (χ4n) is 4.25. The van der Waals surface area contributed by atoms with Gasteiger partial charge in [-0.3, -0.25) is 4.79 Å². The van der Waals surface area contributed by atoms with E-state index in [9.17, 15) is 14.4 Å². The van der Waals surface area contributed by atoms with Gasteiger partial charge in [-0.2, -0.15) is 0 Å². The van der Waals surface area contributed by atoms with Gasteiger partial charge in [-0.15, -0.1) is 0 Å². The highest BCUT2D eigenvalue weighted by molar-refractivity contribution is 6.04. The number of rotatable bonds is 7. The number of aryl methyl sites for hydroxylation is 1. The number of carbonyl (C=O) groups excluding carboxylic acids is 3. The highest BCUT2D eigenvalue weighted by atomic mass is 16.5. The molecule has 8 heteroatoms. The Morgan fingerprint density at radius 3 is 2.52 bits per heavy atom. The van der Waals surface area contributed by atoms with Crippen molar-refractivity contribution in [3.05, 3.63) is 58.4 Å². The summed E-state index contributed by atoms with van der Waals surface area (Å²) >= 11 is 0. The molecule has 0 unspecified atom stereocenters. The highest BCUT2D eigenvalue weighted by Gasteiger charge is 2.26. The van der Waals surface area contributed by atoms with Gasteiger partial charge in [0.25, 0.3) is 0 Å². The lowest BCUT2D eigenvalue weighted by Gasteiger charge is -2.20. The molecule has 0 bridgehead atoms. The molecule has 0 spiro atoms. The summed E-state index contributed by atoms with van der Waals surface area (Å²) in [6.45, 7) is 6.52. The standard InChI is InChI=1S/C25H27N3O5/c1-4-32-25(31)21-15(2)22(26-16(21)3)20(29)14-33-24(30)18-13-17-9-5-6-10-19(17)27-23(18)28-11-7-8-12-28/h5-6,9-10,13,26H,4,7-8,11-12,14H2,1-3H3. The summed E-state index contributed by atoms with van der Waals surface area (Å²) in [5.41, 5.74) is 2.74. The third-order valence-electron chi connectivity index (χ3n) is 5.86. The molecule has 3 aromatic rings. The van der Waals surface area contributed by atoms with Crippen molar-refractivity contribution in [2.24, 2.45) is 0 Å². The Kier molecular flexibility index (Phi) is 6.44. The van der Waals surface area contributed by atoms with Gasteiger partial charge in [-0.1, -0.05) is 18.2 Å². The normalized spacial score (nSPS) is 13.4. The molecule has 4 rings (SSSR count). The predicted octanol–water partition coefficient (Wildman–Crippen LogP) is 4.00. The van der Waals surface area contributed by atoms with Crippen LogP contribution in [-0.4, -0.2) is 54.0 Å². The summed E-state index contributed by atoms with van der Waals surface area (Å²) in [6.07, 6.45) is 2.07. The van der Waals surface area contributed by atoms with Crippen LogP contribution in [-0.2, 0) is 9.47 Å². The molecule has 1 saturated heterocycles. The average Bonchev–Trinajstić information content (AvgIpc) is 3.44. The Hall–Kier alpha value is -3.68. The Bertz CT molecular complexity index is 1220. The molecule has 2 aromatic heterocycles. The van der Waals surface area contributed by atoms with Gasteiger partial charge in [0.2, 0.25) is 5.78 Å². The van der Waals surface area contributed by atoms with E-state index >= 15 is 0 Å². The maximum absolute atomic E-state index is 13.0. The molecule has 1 fully saturated rings. The number of fused-ring (bicyclic) bond motifs is 1. The minimum Gasteiger partial charge on any atom is -0.462 e. The number of carbonyl (C=O) groups is 3. The van der Waals surface area contributed by atoms with E-state index in [0.717, 1.165) is 36.8 Å². The van der Waals surface area contributed by atoms with E-state index in [1.54, 1.807) is 26.8 Å². The average molecular weight is 450 g/mol. The first-order valence-corrected chi connectivity index (χ1v) is 11.1. The number of esters is 2.